The first kappa shape index (κ1) is 19.7. The van der Waals surface area contributed by atoms with Gasteiger partial charge in [-0.3, -0.25) is 4.79 Å². The van der Waals surface area contributed by atoms with E-state index in [1.54, 1.807) is 31.4 Å². The van der Waals surface area contributed by atoms with E-state index in [9.17, 15) is 4.79 Å². The molecule has 0 saturated carbocycles. The zero-order valence-corrected chi connectivity index (χ0v) is 17.0. The van der Waals surface area contributed by atoms with Gasteiger partial charge in [0.2, 0.25) is 0 Å². The van der Waals surface area contributed by atoms with Crippen LogP contribution in [0, 0.1) is 6.92 Å². The number of halogens is 1. The Bertz CT molecular complexity index is 1040. The molecule has 8 heteroatoms. The second-order valence-electron chi connectivity index (χ2n) is 6.04. The zero-order chi connectivity index (χ0) is 20.4. The van der Waals surface area contributed by atoms with Crippen molar-refractivity contribution in [1.29, 1.82) is 0 Å². The molecule has 2 aromatic carbocycles. The molecule has 3 aromatic rings. The maximum Gasteiger partial charge on any atom is 0.272 e. The van der Waals surface area contributed by atoms with Gasteiger partial charge in [-0.05, 0) is 24.6 Å². The predicted octanol–water partition coefficient (Wildman–Crippen LogP) is 4.42. The second-order valence-corrected chi connectivity index (χ2v) is 6.45. The minimum absolute atomic E-state index is 0.328. The van der Waals surface area contributed by atoms with E-state index >= 15 is 0 Å². The summed E-state index contributed by atoms with van der Waals surface area (Å²) < 4.78 is 21.5. The molecule has 0 saturated heterocycles. The molecule has 0 aliphatic carbocycles. The molecule has 0 unspecified atom stereocenters. The van der Waals surface area contributed by atoms with E-state index in [1.807, 2.05) is 6.92 Å². The number of H-pyrrole nitrogens is 1. The van der Waals surface area contributed by atoms with Gasteiger partial charge in [-0.1, -0.05) is 11.6 Å². The van der Waals surface area contributed by atoms with Gasteiger partial charge in [0.05, 0.1) is 39.6 Å². The molecule has 1 aromatic heterocycles. The minimum atomic E-state index is -0.348. The summed E-state index contributed by atoms with van der Waals surface area (Å²) >= 11 is 6.13. The van der Waals surface area contributed by atoms with Crippen molar-refractivity contribution in [1.82, 2.24) is 4.98 Å². The number of aromatic nitrogens is 1. The standard InChI is InChI=1S/C20H21ClN2O5/c1-10-6-13(16(26-3)8-12(10)21)23-20(24)14-7-11-15(25-2)9-17(27-4)19(28-5)18(11)22-14/h6-9,22H,1-5H3,(H,23,24). The molecular formula is C20H21ClN2O5. The number of hydrogen-bond donors (Lipinski definition) is 2. The molecule has 148 valence electrons. The van der Waals surface area contributed by atoms with E-state index < -0.39 is 0 Å². The highest BCUT2D eigenvalue weighted by Gasteiger charge is 2.20. The van der Waals surface area contributed by atoms with Gasteiger partial charge in [0.25, 0.3) is 5.91 Å². The van der Waals surface area contributed by atoms with Gasteiger partial charge in [-0.2, -0.15) is 0 Å². The number of amides is 1. The fourth-order valence-corrected chi connectivity index (χ4v) is 3.13. The summed E-state index contributed by atoms with van der Waals surface area (Å²) in [4.78, 5) is 15.9. The molecule has 7 nitrogen and oxygen atoms in total. The monoisotopic (exact) mass is 404 g/mol. The lowest BCUT2D eigenvalue weighted by molar-refractivity contribution is 0.102. The zero-order valence-electron chi connectivity index (χ0n) is 16.2. The molecule has 2 N–H and O–H groups in total. The SMILES string of the molecule is COc1cc(Cl)c(C)cc1NC(=O)c1cc2c(OC)cc(OC)c(OC)c2[nH]1. The van der Waals surface area contributed by atoms with E-state index in [0.717, 1.165) is 5.56 Å². The Hall–Kier alpha value is -3.06. The average Bonchev–Trinajstić information content (AvgIpc) is 3.14. The van der Waals surface area contributed by atoms with Crippen LogP contribution in [0.2, 0.25) is 5.02 Å². The van der Waals surface area contributed by atoms with Crippen LogP contribution in [0.15, 0.2) is 24.3 Å². The summed E-state index contributed by atoms with van der Waals surface area (Å²) in [6, 6.07) is 6.82. The van der Waals surface area contributed by atoms with Crippen molar-refractivity contribution >= 4 is 34.1 Å². The van der Waals surface area contributed by atoms with Crippen LogP contribution in [0.3, 0.4) is 0 Å². The van der Waals surface area contributed by atoms with Crippen molar-refractivity contribution in [3.05, 3.63) is 40.5 Å². The number of rotatable bonds is 6. The average molecular weight is 405 g/mol. The van der Waals surface area contributed by atoms with Crippen molar-refractivity contribution < 1.29 is 23.7 Å². The highest BCUT2D eigenvalue weighted by molar-refractivity contribution is 6.31. The third-order valence-corrected chi connectivity index (χ3v) is 4.82. The van der Waals surface area contributed by atoms with Crippen molar-refractivity contribution in [2.24, 2.45) is 0 Å². The van der Waals surface area contributed by atoms with Crippen LogP contribution in [0.5, 0.6) is 23.0 Å². The van der Waals surface area contributed by atoms with Gasteiger partial charge < -0.3 is 29.2 Å². The Morgan fingerprint density at radius 2 is 1.61 bits per heavy atom. The molecule has 0 bridgehead atoms. The number of methoxy groups -OCH3 is 4. The first-order valence-corrected chi connectivity index (χ1v) is 8.78. The van der Waals surface area contributed by atoms with Crippen LogP contribution < -0.4 is 24.3 Å². The quantitative estimate of drug-likeness (QED) is 0.635. The molecule has 1 heterocycles. The van der Waals surface area contributed by atoms with Gasteiger partial charge >= 0.3 is 0 Å². The smallest absolute Gasteiger partial charge is 0.272 e. The maximum absolute atomic E-state index is 12.9. The largest absolute Gasteiger partial charge is 0.496 e. The molecular weight excluding hydrogens is 384 g/mol. The molecule has 28 heavy (non-hydrogen) atoms. The van der Waals surface area contributed by atoms with E-state index in [2.05, 4.69) is 10.3 Å². The maximum atomic E-state index is 12.9. The molecule has 3 rings (SSSR count). The van der Waals surface area contributed by atoms with Crippen molar-refractivity contribution in [2.45, 2.75) is 6.92 Å². The number of hydrogen-bond acceptors (Lipinski definition) is 5. The summed E-state index contributed by atoms with van der Waals surface area (Å²) in [5.74, 6) is 1.66. The van der Waals surface area contributed by atoms with Crippen LogP contribution in [0.4, 0.5) is 5.69 Å². The molecule has 0 aliphatic rings. The Morgan fingerprint density at radius 1 is 0.929 bits per heavy atom. The molecule has 0 atom stereocenters. The molecule has 1 amide bonds. The number of nitrogens with one attached hydrogen (secondary N) is 2. The van der Waals surface area contributed by atoms with E-state index in [-0.39, 0.29) is 5.91 Å². The van der Waals surface area contributed by atoms with Crippen LogP contribution >= 0.6 is 11.6 Å². The molecule has 0 aliphatic heterocycles. The first-order valence-electron chi connectivity index (χ1n) is 8.40. The summed E-state index contributed by atoms with van der Waals surface area (Å²) in [5.41, 5.74) is 2.27. The Morgan fingerprint density at radius 3 is 2.21 bits per heavy atom. The number of fused-ring (bicyclic) bond motifs is 1. The molecule has 0 radical (unpaired) electrons. The van der Waals surface area contributed by atoms with E-state index in [1.165, 1.54) is 21.3 Å². The highest BCUT2D eigenvalue weighted by atomic mass is 35.5. The summed E-state index contributed by atoms with van der Waals surface area (Å²) in [5, 5.41) is 4.10. The Kier molecular flexibility index (Phi) is 5.56. The van der Waals surface area contributed by atoms with E-state index in [0.29, 0.717) is 50.3 Å². The number of benzene rings is 2. The van der Waals surface area contributed by atoms with Gasteiger partial charge in [-0.15, -0.1) is 0 Å². The number of anilines is 1. The van der Waals surface area contributed by atoms with Gasteiger partial charge in [0.1, 0.15) is 17.2 Å². The summed E-state index contributed by atoms with van der Waals surface area (Å²) in [6.07, 6.45) is 0. The topological polar surface area (TPSA) is 81.8 Å². The lowest BCUT2D eigenvalue weighted by Crippen LogP contribution is -2.13. The number of aryl methyl sites for hydroxylation is 1. The second kappa shape index (κ2) is 7.90. The third-order valence-electron chi connectivity index (χ3n) is 4.41. The van der Waals surface area contributed by atoms with Crippen LogP contribution in [0.25, 0.3) is 10.9 Å². The number of ether oxygens (including phenoxy) is 4. The summed E-state index contributed by atoms with van der Waals surface area (Å²) in [7, 11) is 6.14. The number of carbonyl (C=O) groups excluding carboxylic acids is 1. The van der Waals surface area contributed by atoms with Crippen molar-refractivity contribution in [3.8, 4) is 23.0 Å². The minimum Gasteiger partial charge on any atom is -0.496 e. The summed E-state index contributed by atoms with van der Waals surface area (Å²) in [6.45, 7) is 1.85. The first-order chi connectivity index (χ1) is 13.4. The van der Waals surface area contributed by atoms with Crippen LogP contribution in [0.1, 0.15) is 16.1 Å². The molecule has 0 fully saturated rings. The lowest BCUT2D eigenvalue weighted by Gasteiger charge is -2.12. The number of aromatic amines is 1. The third kappa shape index (κ3) is 3.41. The van der Waals surface area contributed by atoms with Crippen molar-refractivity contribution in [2.75, 3.05) is 33.8 Å². The lowest BCUT2D eigenvalue weighted by atomic mass is 10.2. The van der Waals surface area contributed by atoms with E-state index in [4.69, 9.17) is 30.5 Å². The van der Waals surface area contributed by atoms with Crippen molar-refractivity contribution in [3.63, 3.8) is 0 Å². The molecule has 0 spiro atoms. The highest BCUT2D eigenvalue weighted by Crippen LogP contribution is 2.41. The Labute approximate surface area is 167 Å². The van der Waals surface area contributed by atoms with Gasteiger partial charge in [0, 0.05) is 22.5 Å². The number of carbonyl (C=O) groups is 1. The fraction of sp³-hybridized carbons (Fsp3) is 0.250. The van der Waals surface area contributed by atoms with Crippen LogP contribution in [-0.2, 0) is 0 Å². The van der Waals surface area contributed by atoms with Gasteiger partial charge in [-0.25, -0.2) is 0 Å². The van der Waals surface area contributed by atoms with Gasteiger partial charge in [0.15, 0.2) is 11.5 Å². The van der Waals surface area contributed by atoms with Crippen LogP contribution in [-0.4, -0.2) is 39.3 Å². The fourth-order valence-electron chi connectivity index (χ4n) is 2.98. The predicted molar refractivity (Wildman–Crippen MR) is 109 cm³/mol. The normalized spacial score (nSPS) is 10.6. The Balaban J connectivity index is 2.05.